The number of rotatable bonds is 7. The van der Waals surface area contributed by atoms with Gasteiger partial charge in [0.1, 0.15) is 5.82 Å². The Labute approximate surface area is 108 Å². The first kappa shape index (κ1) is 13.1. The second kappa shape index (κ2) is 6.52. The molecule has 0 unspecified atom stereocenters. The van der Waals surface area contributed by atoms with Gasteiger partial charge in [-0.3, -0.25) is 0 Å². The predicted molar refractivity (Wildman–Crippen MR) is 73.6 cm³/mol. The van der Waals surface area contributed by atoms with E-state index in [0.717, 1.165) is 43.8 Å². The highest BCUT2D eigenvalue weighted by Gasteiger charge is 2.09. The molecule has 0 bridgehead atoms. The van der Waals surface area contributed by atoms with Crippen LogP contribution in [0.2, 0.25) is 0 Å². The van der Waals surface area contributed by atoms with E-state index in [0.29, 0.717) is 6.54 Å². The van der Waals surface area contributed by atoms with Crippen LogP contribution in [-0.4, -0.2) is 29.8 Å². The number of para-hydroxylation sites is 2. The van der Waals surface area contributed by atoms with E-state index in [1.807, 2.05) is 6.07 Å². The maximum atomic E-state index is 5.59. The van der Waals surface area contributed by atoms with E-state index in [1.165, 1.54) is 5.52 Å². The van der Waals surface area contributed by atoms with Crippen LogP contribution in [0.15, 0.2) is 24.3 Å². The van der Waals surface area contributed by atoms with E-state index in [1.54, 1.807) is 7.11 Å². The number of aromatic nitrogens is 2. The molecule has 4 heteroatoms. The minimum Gasteiger partial charge on any atom is -0.385 e. The largest absolute Gasteiger partial charge is 0.385 e. The standard InChI is InChI=1S/C14H21N3O/c1-18-11-5-10-17-13-7-3-2-6-12(13)16-14(17)8-4-9-15/h2-3,6-7H,4-5,8-11,15H2,1H3. The second-order valence-corrected chi connectivity index (χ2v) is 4.41. The number of fused-ring (bicyclic) bond motifs is 1. The fraction of sp³-hybridized carbons (Fsp3) is 0.500. The fourth-order valence-electron chi connectivity index (χ4n) is 2.19. The highest BCUT2D eigenvalue weighted by molar-refractivity contribution is 5.75. The number of methoxy groups -OCH3 is 1. The van der Waals surface area contributed by atoms with E-state index < -0.39 is 0 Å². The van der Waals surface area contributed by atoms with Gasteiger partial charge in [-0.15, -0.1) is 0 Å². The van der Waals surface area contributed by atoms with Gasteiger partial charge in [0.05, 0.1) is 11.0 Å². The van der Waals surface area contributed by atoms with Gasteiger partial charge in [-0.2, -0.15) is 0 Å². The first-order chi connectivity index (χ1) is 8.86. The summed E-state index contributed by atoms with van der Waals surface area (Å²) in [6, 6.07) is 8.28. The fourth-order valence-corrected chi connectivity index (χ4v) is 2.19. The smallest absolute Gasteiger partial charge is 0.109 e. The van der Waals surface area contributed by atoms with E-state index in [2.05, 4.69) is 22.8 Å². The molecular weight excluding hydrogens is 226 g/mol. The Bertz CT molecular complexity index is 493. The van der Waals surface area contributed by atoms with Crippen molar-refractivity contribution >= 4 is 11.0 Å². The number of aryl methyl sites for hydroxylation is 2. The lowest BCUT2D eigenvalue weighted by molar-refractivity contribution is 0.190. The zero-order valence-corrected chi connectivity index (χ0v) is 10.9. The summed E-state index contributed by atoms with van der Waals surface area (Å²) in [7, 11) is 1.74. The van der Waals surface area contributed by atoms with Gasteiger partial charge in [0, 0.05) is 26.7 Å². The van der Waals surface area contributed by atoms with Crippen LogP contribution in [0.5, 0.6) is 0 Å². The van der Waals surface area contributed by atoms with E-state index in [-0.39, 0.29) is 0 Å². The van der Waals surface area contributed by atoms with Gasteiger partial charge in [-0.1, -0.05) is 12.1 Å². The molecule has 2 N–H and O–H groups in total. The number of imidazole rings is 1. The average molecular weight is 247 g/mol. The van der Waals surface area contributed by atoms with Crippen molar-refractivity contribution in [1.29, 1.82) is 0 Å². The summed E-state index contributed by atoms with van der Waals surface area (Å²) in [6.45, 7) is 2.44. The monoisotopic (exact) mass is 247 g/mol. The number of nitrogens with zero attached hydrogens (tertiary/aromatic N) is 2. The Morgan fingerprint density at radius 3 is 2.89 bits per heavy atom. The van der Waals surface area contributed by atoms with Gasteiger partial charge in [-0.25, -0.2) is 4.98 Å². The maximum absolute atomic E-state index is 5.59. The topological polar surface area (TPSA) is 53.1 Å². The molecule has 98 valence electrons. The van der Waals surface area contributed by atoms with Gasteiger partial charge >= 0.3 is 0 Å². The molecule has 1 aromatic heterocycles. The molecule has 4 nitrogen and oxygen atoms in total. The highest BCUT2D eigenvalue weighted by Crippen LogP contribution is 2.17. The summed E-state index contributed by atoms with van der Waals surface area (Å²) < 4.78 is 7.42. The summed E-state index contributed by atoms with van der Waals surface area (Å²) in [4.78, 5) is 4.70. The minimum absolute atomic E-state index is 0.710. The van der Waals surface area contributed by atoms with Crippen molar-refractivity contribution in [3.63, 3.8) is 0 Å². The summed E-state index contributed by atoms with van der Waals surface area (Å²) >= 11 is 0. The molecule has 0 aliphatic rings. The number of nitrogens with two attached hydrogens (primary N) is 1. The van der Waals surface area contributed by atoms with Crippen molar-refractivity contribution in [3.8, 4) is 0 Å². The molecule has 0 aliphatic carbocycles. The first-order valence-corrected chi connectivity index (χ1v) is 6.50. The molecule has 1 heterocycles. The molecule has 0 radical (unpaired) electrons. The van der Waals surface area contributed by atoms with Crippen molar-refractivity contribution in [2.24, 2.45) is 5.73 Å². The quantitative estimate of drug-likeness (QED) is 0.761. The van der Waals surface area contributed by atoms with Crippen LogP contribution in [-0.2, 0) is 17.7 Å². The number of hydrogen-bond acceptors (Lipinski definition) is 3. The third-order valence-corrected chi connectivity index (χ3v) is 3.07. The molecule has 0 saturated heterocycles. The van der Waals surface area contributed by atoms with Gasteiger partial charge in [0.25, 0.3) is 0 Å². The van der Waals surface area contributed by atoms with Crippen LogP contribution < -0.4 is 5.73 Å². The van der Waals surface area contributed by atoms with Crippen LogP contribution in [0, 0.1) is 0 Å². The summed E-state index contributed by atoms with van der Waals surface area (Å²) in [5.41, 5.74) is 7.87. The lowest BCUT2D eigenvalue weighted by Gasteiger charge is -2.08. The molecule has 0 spiro atoms. The van der Waals surface area contributed by atoms with E-state index >= 15 is 0 Å². The van der Waals surface area contributed by atoms with Crippen molar-refractivity contribution in [2.45, 2.75) is 25.8 Å². The SMILES string of the molecule is COCCCn1c(CCCN)nc2ccccc21. The Balaban J connectivity index is 2.25. The van der Waals surface area contributed by atoms with Gasteiger partial charge in [0.15, 0.2) is 0 Å². The molecule has 0 amide bonds. The van der Waals surface area contributed by atoms with Crippen molar-refractivity contribution in [3.05, 3.63) is 30.1 Å². The number of benzene rings is 1. The second-order valence-electron chi connectivity index (χ2n) is 4.41. The van der Waals surface area contributed by atoms with Crippen LogP contribution in [0.4, 0.5) is 0 Å². The zero-order valence-electron chi connectivity index (χ0n) is 10.9. The summed E-state index contributed by atoms with van der Waals surface area (Å²) in [5, 5.41) is 0. The van der Waals surface area contributed by atoms with E-state index in [4.69, 9.17) is 15.5 Å². The molecule has 0 fully saturated rings. The Kier molecular flexibility index (Phi) is 4.73. The minimum atomic E-state index is 0.710. The van der Waals surface area contributed by atoms with Gasteiger partial charge in [0.2, 0.25) is 0 Å². The van der Waals surface area contributed by atoms with Crippen LogP contribution >= 0.6 is 0 Å². The molecule has 0 aliphatic heterocycles. The van der Waals surface area contributed by atoms with Crippen molar-refractivity contribution in [2.75, 3.05) is 20.3 Å². The van der Waals surface area contributed by atoms with Gasteiger partial charge < -0.3 is 15.0 Å². The zero-order chi connectivity index (χ0) is 12.8. The third kappa shape index (κ3) is 2.89. The Hall–Kier alpha value is -1.39. The van der Waals surface area contributed by atoms with E-state index in [9.17, 15) is 0 Å². The lowest BCUT2D eigenvalue weighted by atomic mass is 10.3. The summed E-state index contributed by atoms with van der Waals surface area (Å²) in [5.74, 6) is 1.14. The predicted octanol–water partition coefficient (Wildman–Crippen LogP) is 1.96. The first-order valence-electron chi connectivity index (χ1n) is 6.50. The molecule has 0 saturated carbocycles. The summed E-state index contributed by atoms with van der Waals surface area (Å²) in [6.07, 6.45) is 2.93. The normalized spacial score (nSPS) is 11.2. The molecule has 0 atom stereocenters. The highest BCUT2D eigenvalue weighted by atomic mass is 16.5. The van der Waals surface area contributed by atoms with Crippen LogP contribution in [0.3, 0.4) is 0 Å². The third-order valence-electron chi connectivity index (χ3n) is 3.07. The Morgan fingerprint density at radius 2 is 2.11 bits per heavy atom. The molecular formula is C14H21N3O. The van der Waals surface area contributed by atoms with Crippen LogP contribution in [0.1, 0.15) is 18.7 Å². The number of ether oxygens (including phenoxy) is 1. The number of hydrogen-bond donors (Lipinski definition) is 1. The van der Waals surface area contributed by atoms with Crippen molar-refractivity contribution in [1.82, 2.24) is 9.55 Å². The molecule has 18 heavy (non-hydrogen) atoms. The van der Waals surface area contributed by atoms with Crippen molar-refractivity contribution < 1.29 is 4.74 Å². The van der Waals surface area contributed by atoms with Crippen LogP contribution in [0.25, 0.3) is 11.0 Å². The molecule has 2 rings (SSSR count). The average Bonchev–Trinajstić information content (AvgIpc) is 2.75. The molecule has 2 aromatic rings. The lowest BCUT2D eigenvalue weighted by Crippen LogP contribution is -2.08. The maximum Gasteiger partial charge on any atom is 0.109 e. The Morgan fingerprint density at radius 1 is 1.28 bits per heavy atom. The molecule has 1 aromatic carbocycles. The van der Waals surface area contributed by atoms with Gasteiger partial charge in [-0.05, 0) is 31.5 Å².